The van der Waals surface area contributed by atoms with Crippen LogP contribution in [0.5, 0.6) is 5.75 Å². The summed E-state index contributed by atoms with van der Waals surface area (Å²) in [5.74, 6) is 2.58. The Labute approximate surface area is 156 Å². The van der Waals surface area contributed by atoms with E-state index in [-0.39, 0.29) is 0 Å². The standard InChI is InChI=1S/C21H30N4O/c1-3-24-14-8-9-16(15-24)20-17-10-6-7-13-22-21(17)25(23-20)18-11-4-5-12-19(18)26-2/h4-5,11-12,16,22H,3,6-10,13-15H2,1-2H3. The Bertz CT molecular complexity index is 754. The number of aromatic nitrogens is 2. The van der Waals surface area contributed by atoms with Crippen LogP contribution in [-0.4, -0.2) is 48.0 Å². The molecule has 5 nitrogen and oxygen atoms in total. The van der Waals surface area contributed by atoms with E-state index in [9.17, 15) is 0 Å². The van der Waals surface area contributed by atoms with Crippen molar-refractivity contribution in [3.05, 3.63) is 35.5 Å². The third-order valence-electron chi connectivity index (χ3n) is 5.81. The van der Waals surface area contributed by atoms with Gasteiger partial charge >= 0.3 is 0 Å². The highest BCUT2D eigenvalue weighted by molar-refractivity contribution is 5.58. The molecule has 0 saturated carbocycles. The monoisotopic (exact) mass is 354 g/mol. The van der Waals surface area contributed by atoms with Gasteiger partial charge in [0, 0.05) is 24.6 Å². The van der Waals surface area contributed by atoms with Gasteiger partial charge in [-0.15, -0.1) is 0 Å². The lowest BCUT2D eigenvalue weighted by molar-refractivity contribution is 0.215. The number of nitrogens with zero attached hydrogens (tertiary/aromatic N) is 3. The average molecular weight is 354 g/mol. The number of rotatable bonds is 4. The summed E-state index contributed by atoms with van der Waals surface area (Å²) >= 11 is 0. The number of hydrogen-bond donors (Lipinski definition) is 1. The number of anilines is 1. The normalized spacial score (nSPS) is 20.9. The van der Waals surface area contributed by atoms with Crippen molar-refractivity contribution in [2.45, 2.75) is 44.9 Å². The van der Waals surface area contributed by atoms with Crippen LogP contribution in [0, 0.1) is 0 Å². The minimum Gasteiger partial charge on any atom is -0.494 e. The van der Waals surface area contributed by atoms with Gasteiger partial charge in [-0.2, -0.15) is 5.10 Å². The highest BCUT2D eigenvalue weighted by atomic mass is 16.5. The highest BCUT2D eigenvalue weighted by Gasteiger charge is 2.29. The first-order chi connectivity index (χ1) is 12.8. The summed E-state index contributed by atoms with van der Waals surface area (Å²) < 4.78 is 7.71. The fraction of sp³-hybridized carbons (Fsp3) is 0.571. The van der Waals surface area contributed by atoms with Crippen molar-refractivity contribution in [3.63, 3.8) is 0 Å². The molecule has 4 rings (SSSR count). The minimum absolute atomic E-state index is 0.535. The number of hydrogen-bond acceptors (Lipinski definition) is 4. The van der Waals surface area contributed by atoms with Crippen molar-refractivity contribution in [3.8, 4) is 11.4 Å². The van der Waals surface area contributed by atoms with Crippen LogP contribution in [0.25, 0.3) is 5.69 Å². The molecular formula is C21H30N4O. The zero-order chi connectivity index (χ0) is 17.9. The molecule has 1 aromatic heterocycles. The number of ether oxygens (including phenoxy) is 1. The Morgan fingerprint density at radius 3 is 2.96 bits per heavy atom. The van der Waals surface area contributed by atoms with Crippen LogP contribution in [0.4, 0.5) is 5.82 Å². The summed E-state index contributed by atoms with van der Waals surface area (Å²) in [4.78, 5) is 2.56. The summed E-state index contributed by atoms with van der Waals surface area (Å²) in [6.45, 7) is 6.76. The van der Waals surface area contributed by atoms with E-state index in [0.29, 0.717) is 5.92 Å². The molecule has 0 bridgehead atoms. The molecule has 26 heavy (non-hydrogen) atoms. The molecule has 1 aromatic carbocycles. The molecule has 0 radical (unpaired) electrons. The van der Waals surface area contributed by atoms with Gasteiger partial charge < -0.3 is 15.0 Å². The van der Waals surface area contributed by atoms with Crippen LogP contribution < -0.4 is 10.1 Å². The number of piperidine rings is 1. The first-order valence-corrected chi connectivity index (χ1v) is 10.0. The smallest absolute Gasteiger partial charge is 0.144 e. The number of benzene rings is 1. The molecule has 0 amide bonds. The summed E-state index contributed by atoms with van der Waals surface area (Å²) in [6, 6.07) is 8.18. The third-order valence-corrected chi connectivity index (χ3v) is 5.81. The van der Waals surface area contributed by atoms with Crippen LogP contribution >= 0.6 is 0 Å². The molecule has 1 saturated heterocycles. The lowest BCUT2D eigenvalue weighted by Crippen LogP contribution is -2.34. The van der Waals surface area contributed by atoms with E-state index < -0.39 is 0 Å². The van der Waals surface area contributed by atoms with Crippen molar-refractivity contribution in [2.75, 3.05) is 38.6 Å². The van der Waals surface area contributed by atoms with E-state index in [2.05, 4.69) is 34.0 Å². The quantitative estimate of drug-likeness (QED) is 0.906. The predicted molar refractivity (Wildman–Crippen MR) is 106 cm³/mol. The fourth-order valence-electron chi connectivity index (χ4n) is 4.40. The third kappa shape index (κ3) is 3.20. The van der Waals surface area contributed by atoms with Gasteiger partial charge in [-0.25, -0.2) is 4.68 Å². The molecule has 2 aliphatic rings. The van der Waals surface area contributed by atoms with Gasteiger partial charge in [-0.05, 0) is 57.3 Å². The number of likely N-dealkylation sites (tertiary alicyclic amines) is 1. The summed E-state index contributed by atoms with van der Waals surface area (Å²) in [5.41, 5.74) is 3.75. The Kier molecular flexibility index (Phi) is 5.16. The molecule has 1 atom stereocenters. The number of methoxy groups -OCH3 is 1. The second-order valence-electron chi connectivity index (χ2n) is 7.41. The van der Waals surface area contributed by atoms with Gasteiger partial charge in [0.1, 0.15) is 17.3 Å². The Balaban J connectivity index is 1.79. The second kappa shape index (κ2) is 7.70. The maximum Gasteiger partial charge on any atom is 0.144 e. The van der Waals surface area contributed by atoms with Crippen LogP contribution in [-0.2, 0) is 6.42 Å². The maximum absolute atomic E-state index is 5.61. The van der Waals surface area contributed by atoms with Crippen LogP contribution in [0.2, 0.25) is 0 Å². The van der Waals surface area contributed by atoms with E-state index in [1.165, 1.54) is 49.3 Å². The van der Waals surface area contributed by atoms with Crippen LogP contribution in [0.1, 0.15) is 49.8 Å². The molecule has 2 aliphatic heterocycles. The van der Waals surface area contributed by atoms with Crippen LogP contribution in [0.3, 0.4) is 0 Å². The molecule has 2 aromatic rings. The van der Waals surface area contributed by atoms with Crippen LogP contribution in [0.15, 0.2) is 24.3 Å². The van der Waals surface area contributed by atoms with Gasteiger partial charge in [-0.1, -0.05) is 19.1 Å². The molecule has 0 aliphatic carbocycles. The Morgan fingerprint density at radius 2 is 2.12 bits per heavy atom. The fourth-order valence-corrected chi connectivity index (χ4v) is 4.40. The second-order valence-corrected chi connectivity index (χ2v) is 7.41. The molecule has 1 fully saturated rings. The molecule has 1 unspecified atom stereocenters. The number of likely N-dealkylation sites (N-methyl/N-ethyl adjacent to an activating group) is 1. The number of nitrogens with one attached hydrogen (secondary N) is 1. The molecule has 0 spiro atoms. The predicted octanol–water partition coefficient (Wildman–Crippen LogP) is 3.83. The van der Waals surface area contributed by atoms with E-state index in [1.807, 2.05) is 12.1 Å². The van der Waals surface area contributed by atoms with Gasteiger partial charge in [-0.3, -0.25) is 0 Å². The van der Waals surface area contributed by atoms with Crippen molar-refractivity contribution in [1.29, 1.82) is 0 Å². The summed E-state index contributed by atoms with van der Waals surface area (Å²) in [7, 11) is 1.73. The summed E-state index contributed by atoms with van der Waals surface area (Å²) in [5, 5.41) is 8.81. The first-order valence-electron chi connectivity index (χ1n) is 10.0. The first kappa shape index (κ1) is 17.4. The van der Waals surface area contributed by atoms with E-state index >= 15 is 0 Å². The number of fused-ring (bicyclic) bond motifs is 1. The Morgan fingerprint density at radius 1 is 1.23 bits per heavy atom. The SMILES string of the molecule is CCN1CCCC(c2nn(-c3ccccc3OC)c3c2CCCCN3)C1. The lowest BCUT2D eigenvalue weighted by Gasteiger charge is -2.31. The minimum atomic E-state index is 0.535. The van der Waals surface area contributed by atoms with Gasteiger partial charge in [0.25, 0.3) is 0 Å². The average Bonchev–Trinajstić information content (AvgIpc) is 2.88. The van der Waals surface area contributed by atoms with Gasteiger partial charge in [0.2, 0.25) is 0 Å². The topological polar surface area (TPSA) is 42.3 Å². The highest BCUT2D eigenvalue weighted by Crippen LogP contribution is 2.37. The van der Waals surface area contributed by atoms with E-state index in [4.69, 9.17) is 9.84 Å². The summed E-state index contributed by atoms with van der Waals surface area (Å²) in [6.07, 6.45) is 6.07. The van der Waals surface area contributed by atoms with E-state index in [1.54, 1.807) is 7.11 Å². The van der Waals surface area contributed by atoms with E-state index in [0.717, 1.165) is 37.5 Å². The molecule has 3 heterocycles. The molecule has 1 N–H and O–H groups in total. The van der Waals surface area contributed by atoms with Crippen molar-refractivity contribution in [2.24, 2.45) is 0 Å². The van der Waals surface area contributed by atoms with Crippen molar-refractivity contribution in [1.82, 2.24) is 14.7 Å². The lowest BCUT2D eigenvalue weighted by atomic mass is 9.91. The van der Waals surface area contributed by atoms with Gasteiger partial charge in [0.15, 0.2) is 0 Å². The maximum atomic E-state index is 5.61. The molecule has 140 valence electrons. The largest absolute Gasteiger partial charge is 0.494 e. The molecular weight excluding hydrogens is 324 g/mol. The van der Waals surface area contributed by atoms with Crippen molar-refractivity contribution < 1.29 is 4.74 Å². The Hall–Kier alpha value is -2.01. The zero-order valence-corrected chi connectivity index (χ0v) is 16.0. The molecule has 5 heteroatoms. The number of para-hydroxylation sites is 2. The van der Waals surface area contributed by atoms with Crippen molar-refractivity contribution >= 4 is 5.82 Å². The van der Waals surface area contributed by atoms with Gasteiger partial charge in [0.05, 0.1) is 12.8 Å². The zero-order valence-electron chi connectivity index (χ0n) is 16.0.